The second-order valence-electron chi connectivity index (χ2n) is 2.74. The van der Waals surface area contributed by atoms with Gasteiger partial charge in [0.15, 0.2) is 0 Å². The molecule has 0 spiro atoms. The van der Waals surface area contributed by atoms with Crippen LogP contribution in [0.2, 0.25) is 0 Å². The summed E-state index contributed by atoms with van der Waals surface area (Å²) in [5.41, 5.74) is 5.34. The third-order valence-corrected chi connectivity index (χ3v) is 1.68. The van der Waals surface area contributed by atoms with E-state index in [1.54, 1.807) is 0 Å². The fourth-order valence-corrected chi connectivity index (χ4v) is 0.700. The molecule has 0 aromatic carbocycles. The van der Waals surface area contributed by atoms with Crippen LogP contribution in [0.25, 0.3) is 0 Å². The minimum absolute atomic E-state index is 0.734. The first-order valence-electron chi connectivity index (χ1n) is 4.18. The van der Waals surface area contributed by atoms with Crippen molar-refractivity contribution in [2.75, 3.05) is 6.54 Å². The molecular weight excluding hydrogens is 122 g/mol. The van der Waals surface area contributed by atoms with Gasteiger partial charge in [-0.1, -0.05) is 32.4 Å². The van der Waals surface area contributed by atoms with Crippen LogP contribution in [0.4, 0.5) is 0 Å². The average molecular weight is 141 g/mol. The molecule has 1 heteroatoms. The van der Waals surface area contributed by atoms with Crippen molar-refractivity contribution < 1.29 is 0 Å². The van der Waals surface area contributed by atoms with Crippen molar-refractivity contribution in [2.45, 2.75) is 33.1 Å². The Labute approximate surface area is 64.3 Å². The van der Waals surface area contributed by atoms with E-state index in [-0.39, 0.29) is 0 Å². The van der Waals surface area contributed by atoms with Crippen molar-refractivity contribution in [1.29, 1.82) is 0 Å². The summed E-state index contributed by atoms with van der Waals surface area (Å²) in [7, 11) is 0. The Kier molecular flexibility index (Phi) is 6.61. The molecule has 0 saturated carbocycles. The van der Waals surface area contributed by atoms with E-state index in [9.17, 15) is 0 Å². The van der Waals surface area contributed by atoms with Gasteiger partial charge < -0.3 is 5.73 Å². The van der Waals surface area contributed by atoms with Crippen LogP contribution in [0.1, 0.15) is 33.1 Å². The molecule has 2 N–H and O–H groups in total. The maximum atomic E-state index is 5.34. The van der Waals surface area contributed by atoms with E-state index < -0.39 is 0 Å². The third-order valence-electron chi connectivity index (χ3n) is 1.68. The lowest BCUT2D eigenvalue weighted by Crippen LogP contribution is -1.96. The normalized spacial score (nSPS) is 14.3. The number of nitrogens with two attached hydrogens (primary N) is 1. The quantitative estimate of drug-likeness (QED) is 0.461. The molecule has 10 heavy (non-hydrogen) atoms. The zero-order chi connectivity index (χ0) is 7.82. The van der Waals surface area contributed by atoms with Crippen LogP contribution in [0, 0.1) is 5.92 Å². The first kappa shape index (κ1) is 9.70. The topological polar surface area (TPSA) is 26.0 Å². The van der Waals surface area contributed by atoms with Gasteiger partial charge in [0, 0.05) is 0 Å². The van der Waals surface area contributed by atoms with E-state index >= 15 is 0 Å². The fraction of sp³-hybridized carbons (Fsp3) is 0.778. The molecule has 0 aliphatic heterocycles. The molecule has 0 fully saturated rings. The van der Waals surface area contributed by atoms with Gasteiger partial charge in [0.1, 0.15) is 0 Å². The highest BCUT2D eigenvalue weighted by atomic mass is 14.5. The summed E-state index contributed by atoms with van der Waals surface area (Å²) < 4.78 is 0. The molecule has 0 aliphatic carbocycles. The van der Waals surface area contributed by atoms with E-state index in [1.807, 2.05) is 0 Å². The molecule has 1 atom stereocenters. The van der Waals surface area contributed by atoms with Crippen LogP contribution >= 0.6 is 0 Å². The monoisotopic (exact) mass is 141 g/mol. The second kappa shape index (κ2) is 6.81. The SMILES string of the molecule is CCC(C)C=CCCCN. The predicted octanol–water partition coefficient (Wildman–Crippen LogP) is 2.33. The standard InChI is InChI=1S/C9H19N/c1-3-9(2)7-5-4-6-8-10/h5,7,9H,3-4,6,8,10H2,1-2H3. The molecule has 0 radical (unpaired) electrons. The van der Waals surface area contributed by atoms with Gasteiger partial charge in [-0.05, 0) is 25.3 Å². The van der Waals surface area contributed by atoms with Gasteiger partial charge in [-0.15, -0.1) is 0 Å². The number of allylic oxidation sites excluding steroid dienone is 2. The van der Waals surface area contributed by atoms with E-state index in [0.717, 1.165) is 25.3 Å². The van der Waals surface area contributed by atoms with Crippen molar-refractivity contribution in [3.05, 3.63) is 12.2 Å². The van der Waals surface area contributed by atoms with Crippen molar-refractivity contribution in [1.82, 2.24) is 0 Å². The van der Waals surface area contributed by atoms with Gasteiger partial charge >= 0.3 is 0 Å². The van der Waals surface area contributed by atoms with Gasteiger partial charge in [0.2, 0.25) is 0 Å². The molecule has 0 bridgehead atoms. The molecule has 0 aliphatic rings. The van der Waals surface area contributed by atoms with Crippen molar-refractivity contribution in [2.24, 2.45) is 11.7 Å². The van der Waals surface area contributed by atoms with Gasteiger partial charge in [-0.2, -0.15) is 0 Å². The number of unbranched alkanes of at least 4 members (excludes halogenated alkanes) is 1. The highest BCUT2D eigenvalue weighted by Gasteiger charge is 1.88. The summed E-state index contributed by atoms with van der Waals surface area (Å²) in [5, 5.41) is 0. The summed E-state index contributed by atoms with van der Waals surface area (Å²) in [4.78, 5) is 0. The molecular formula is C9H19N. The molecule has 0 amide bonds. The lowest BCUT2D eigenvalue weighted by molar-refractivity contribution is 0.693. The largest absolute Gasteiger partial charge is 0.330 e. The highest BCUT2D eigenvalue weighted by Crippen LogP contribution is 2.02. The minimum Gasteiger partial charge on any atom is -0.330 e. The van der Waals surface area contributed by atoms with E-state index in [0.29, 0.717) is 0 Å². The summed E-state index contributed by atoms with van der Waals surface area (Å²) in [6.45, 7) is 5.25. The second-order valence-corrected chi connectivity index (χ2v) is 2.74. The Morgan fingerprint density at radius 3 is 2.70 bits per heavy atom. The first-order chi connectivity index (χ1) is 4.81. The van der Waals surface area contributed by atoms with Crippen LogP contribution in [-0.4, -0.2) is 6.54 Å². The lowest BCUT2D eigenvalue weighted by Gasteiger charge is -1.98. The highest BCUT2D eigenvalue weighted by molar-refractivity contribution is 4.85. The smallest absolute Gasteiger partial charge is 0.00743 e. The molecule has 0 heterocycles. The van der Waals surface area contributed by atoms with Crippen molar-refractivity contribution in [3.63, 3.8) is 0 Å². The maximum absolute atomic E-state index is 5.34. The molecule has 0 aromatic rings. The number of hydrogen-bond donors (Lipinski definition) is 1. The summed E-state index contributed by atoms with van der Waals surface area (Å²) in [5.74, 6) is 0.734. The van der Waals surface area contributed by atoms with Gasteiger partial charge in [0.05, 0.1) is 0 Å². The predicted molar refractivity (Wildman–Crippen MR) is 46.9 cm³/mol. The third kappa shape index (κ3) is 5.83. The Morgan fingerprint density at radius 2 is 2.20 bits per heavy atom. The Morgan fingerprint density at radius 1 is 1.50 bits per heavy atom. The maximum Gasteiger partial charge on any atom is -0.00743 e. The number of rotatable bonds is 5. The zero-order valence-electron chi connectivity index (χ0n) is 7.14. The van der Waals surface area contributed by atoms with E-state index in [4.69, 9.17) is 5.73 Å². The molecule has 0 saturated heterocycles. The first-order valence-corrected chi connectivity index (χ1v) is 4.18. The van der Waals surface area contributed by atoms with Crippen LogP contribution < -0.4 is 5.73 Å². The van der Waals surface area contributed by atoms with Gasteiger partial charge in [-0.3, -0.25) is 0 Å². The van der Waals surface area contributed by atoms with Crippen LogP contribution in [0.3, 0.4) is 0 Å². The molecule has 0 rings (SSSR count). The van der Waals surface area contributed by atoms with Gasteiger partial charge in [-0.25, -0.2) is 0 Å². The van der Waals surface area contributed by atoms with E-state index in [1.165, 1.54) is 6.42 Å². The van der Waals surface area contributed by atoms with E-state index in [2.05, 4.69) is 26.0 Å². The van der Waals surface area contributed by atoms with Gasteiger partial charge in [0.25, 0.3) is 0 Å². The lowest BCUT2D eigenvalue weighted by atomic mass is 10.1. The Bertz CT molecular complexity index is 86.7. The summed E-state index contributed by atoms with van der Waals surface area (Å²) in [6.07, 6.45) is 8.00. The molecule has 60 valence electrons. The zero-order valence-corrected chi connectivity index (χ0v) is 7.14. The summed E-state index contributed by atoms with van der Waals surface area (Å²) in [6, 6.07) is 0. The fourth-order valence-electron chi connectivity index (χ4n) is 0.700. The number of hydrogen-bond acceptors (Lipinski definition) is 1. The van der Waals surface area contributed by atoms with Crippen molar-refractivity contribution >= 4 is 0 Å². The minimum atomic E-state index is 0.734. The Hall–Kier alpha value is -0.300. The molecule has 1 nitrogen and oxygen atoms in total. The van der Waals surface area contributed by atoms with Crippen LogP contribution in [0.15, 0.2) is 12.2 Å². The average Bonchev–Trinajstić information content (AvgIpc) is 1.98. The van der Waals surface area contributed by atoms with Crippen LogP contribution in [0.5, 0.6) is 0 Å². The Balaban J connectivity index is 3.18. The molecule has 1 unspecified atom stereocenters. The van der Waals surface area contributed by atoms with Crippen LogP contribution in [-0.2, 0) is 0 Å². The summed E-state index contributed by atoms with van der Waals surface area (Å²) >= 11 is 0. The molecule has 0 aromatic heterocycles. The van der Waals surface area contributed by atoms with Crippen molar-refractivity contribution in [3.8, 4) is 0 Å².